The molecule has 1 saturated heterocycles. The molecule has 1 heterocycles. The molecule has 0 radical (unpaired) electrons. The predicted octanol–water partition coefficient (Wildman–Crippen LogP) is 1.64. The Kier molecular flexibility index (Phi) is 3.72. The van der Waals surface area contributed by atoms with Gasteiger partial charge in [0.1, 0.15) is 0 Å². The number of hydrogen-bond donors (Lipinski definition) is 0. The molecule has 1 amide bonds. The zero-order valence-electron chi connectivity index (χ0n) is 8.86. The summed E-state index contributed by atoms with van der Waals surface area (Å²) < 4.78 is 0. The molecule has 1 aliphatic rings. The van der Waals surface area contributed by atoms with Crippen molar-refractivity contribution in [2.24, 2.45) is 0 Å². The Labute approximate surface area is 80.7 Å². The molecule has 2 atom stereocenters. The average molecular weight is 184 g/mol. The molecule has 1 rings (SSSR count). The lowest BCUT2D eigenvalue weighted by Crippen LogP contribution is -2.53. The highest BCUT2D eigenvalue weighted by Crippen LogP contribution is 2.23. The van der Waals surface area contributed by atoms with Gasteiger partial charge in [-0.1, -0.05) is 6.42 Å². The van der Waals surface area contributed by atoms with E-state index >= 15 is 0 Å². The van der Waals surface area contributed by atoms with Crippen LogP contribution in [0.4, 0.5) is 0 Å². The van der Waals surface area contributed by atoms with Crippen LogP contribution < -0.4 is 0 Å². The van der Waals surface area contributed by atoms with Crippen LogP contribution in [0.25, 0.3) is 0 Å². The zero-order valence-corrected chi connectivity index (χ0v) is 8.86. The molecule has 0 aromatic rings. The molecule has 0 aromatic heterocycles. The quantitative estimate of drug-likeness (QED) is 0.623. The Hall–Kier alpha value is -0.570. The number of carbonyl (C=O) groups is 1. The van der Waals surface area contributed by atoms with Gasteiger partial charge in [-0.05, 0) is 33.6 Å². The molecule has 2 unspecified atom stereocenters. The van der Waals surface area contributed by atoms with Gasteiger partial charge in [0, 0.05) is 18.6 Å². The first kappa shape index (κ1) is 10.5. The van der Waals surface area contributed by atoms with E-state index in [-0.39, 0.29) is 0 Å². The van der Waals surface area contributed by atoms with Crippen LogP contribution in [0.15, 0.2) is 0 Å². The van der Waals surface area contributed by atoms with Crippen molar-refractivity contribution < 1.29 is 4.79 Å². The second-order valence-corrected chi connectivity index (χ2v) is 3.87. The monoisotopic (exact) mass is 184 g/mol. The van der Waals surface area contributed by atoms with Crippen molar-refractivity contribution in [2.75, 3.05) is 6.54 Å². The van der Waals surface area contributed by atoms with Crippen LogP contribution in [-0.2, 0) is 4.79 Å². The van der Waals surface area contributed by atoms with E-state index in [0.717, 1.165) is 13.0 Å². The minimum atomic E-state index is 0.508. The van der Waals surface area contributed by atoms with Gasteiger partial charge >= 0.3 is 0 Å². The summed E-state index contributed by atoms with van der Waals surface area (Å²) in [6.45, 7) is 7.18. The Balaban J connectivity index is 2.66. The Bertz CT molecular complexity index is 162. The largest absolute Gasteiger partial charge is 0.278 e. The highest BCUT2D eigenvalue weighted by atomic mass is 16.1. The molecule has 13 heavy (non-hydrogen) atoms. The van der Waals surface area contributed by atoms with Crippen molar-refractivity contribution >= 4 is 6.41 Å². The van der Waals surface area contributed by atoms with Gasteiger partial charge in [0.05, 0.1) is 0 Å². The minimum absolute atomic E-state index is 0.508. The highest BCUT2D eigenvalue weighted by molar-refractivity contribution is 5.46. The van der Waals surface area contributed by atoms with Gasteiger partial charge in [-0.25, -0.2) is 5.01 Å². The van der Waals surface area contributed by atoms with Crippen LogP contribution in [0.5, 0.6) is 0 Å². The van der Waals surface area contributed by atoms with Crippen LogP contribution in [0.1, 0.15) is 40.0 Å². The maximum Gasteiger partial charge on any atom is 0.224 e. The van der Waals surface area contributed by atoms with Gasteiger partial charge in [0.25, 0.3) is 0 Å². The van der Waals surface area contributed by atoms with E-state index in [9.17, 15) is 4.79 Å². The summed E-state index contributed by atoms with van der Waals surface area (Å²) in [5, 5.41) is 4.02. The van der Waals surface area contributed by atoms with Crippen molar-refractivity contribution in [2.45, 2.75) is 52.1 Å². The summed E-state index contributed by atoms with van der Waals surface area (Å²) in [7, 11) is 0. The molecule has 0 aliphatic carbocycles. The van der Waals surface area contributed by atoms with Gasteiger partial charge < -0.3 is 0 Å². The number of carbonyl (C=O) groups excluding carboxylic acids is 1. The summed E-state index contributed by atoms with van der Waals surface area (Å²) >= 11 is 0. The predicted molar refractivity (Wildman–Crippen MR) is 53.1 cm³/mol. The number of nitrogens with zero attached hydrogens (tertiary/aromatic N) is 2. The fourth-order valence-electron chi connectivity index (χ4n) is 2.21. The summed E-state index contributed by atoms with van der Waals surface area (Å²) in [4.78, 5) is 10.8. The maximum absolute atomic E-state index is 10.8. The van der Waals surface area contributed by atoms with Crippen molar-refractivity contribution in [3.63, 3.8) is 0 Å². The SMILES string of the molecule is CCN(C=O)N1C(C)CCCC1C. The third-order valence-corrected chi connectivity index (χ3v) is 2.89. The van der Waals surface area contributed by atoms with E-state index in [1.807, 2.05) is 6.92 Å². The number of hydrogen-bond acceptors (Lipinski definition) is 2. The van der Waals surface area contributed by atoms with Crippen LogP contribution >= 0.6 is 0 Å². The van der Waals surface area contributed by atoms with Gasteiger partial charge in [-0.3, -0.25) is 9.80 Å². The van der Waals surface area contributed by atoms with Crippen molar-refractivity contribution in [3.8, 4) is 0 Å². The fourth-order valence-corrected chi connectivity index (χ4v) is 2.21. The third-order valence-electron chi connectivity index (χ3n) is 2.89. The molecule has 3 nitrogen and oxygen atoms in total. The molecule has 0 spiro atoms. The molecule has 0 aromatic carbocycles. The molecular weight excluding hydrogens is 164 g/mol. The lowest BCUT2D eigenvalue weighted by Gasteiger charge is -2.43. The summed E-state index contributed by atoms with van der Waals surface area (Å²) in [5.74, 6) is 0. The molecular formula is C10H20N2O. The molecule has 0 bridgehead atoms. The van der Waals surface area contributed by atoms with E-state index in [2.05, 4.69) is 18.9 Å². The van der Waals surface area contributed by atoms with Crippen LogP contribution in [-0.4, -0.2) is 35.1 Å². The first-order valence-corrected chi connectivity index (χ1v) is 5.20. The lowest BCUT2D eigenvalue weighted by atomic mass is 10.00. The topological polar surface area (TPSA) is 23.6 Å². The number of rotatable bonds is 3. The van der Waals surface area contributed by atoms with Gasteiger partial charge in [0.2, 0.25) is 6.41 Å². The van der Waals surface area contributed by atoms with Crippen molar-refractivity contribution in [1.82, 2.24) is 10.0 Å². The number of piperidine rings is 1. The molecule has 76 valence electrons. The summed E-state index contributed by atoms with van der Waals surface area (Å²) in [5.41, 5.74) is 0. The van der Waals surface area contributed by atoms with Gasteiger partial charge in [0.15, 0.2) is 0 Å². The first-order valence-electron chi connectivity index (χ1n) is 5.20. The second-order valence-electron chi connectivity index (χ2n) is 3.87. The Morgan fingerprint density at radius 2 is 1.92 bits per heavy atom. The fraction of sp³-hybridized carbons (Fsp3) is 0.900. The first-order chi connectivity index (χ1) is 6.20. The van der Waals surface area contributed by atoms with Gasteiger partial charge in [-0.2, -0.15) is 0 Å². The lowest BCUT2D eigenvalue weighted by molar-refractivity contribution is -0.147. The van der Waals surface area contributed by atoms with E-state index < -0.39 is 0 Å². The molecule has 0 N–H and O–H groups in total. The van der Waals surface area contributed by atoms with Crippen LogP contribution in [0.3, 0.4) is 0 Å². The van der Waals surface area contributed by atoms with Crippen LogP contribution in [0, 0.1) is 0 Å². The zero-order chi connectivity index (χ0) is 9.84. The second kappa shape index (κ2) is 4.61. The minimum Gasteiger partial charge on any atom is -0.278 e. The maximum atomic E-state index is 10.8. The molecule has 3 heteroatoms. The average Bonchev–Trinajstić information content (AvgIpc) is 2.11. The number of hydrazine groups is 1. The summed E-state index contributed by atoms with van der Waals surface area (Å²) in [6, 6.07) is 1.02. The van der Waals surface area contributed by atoms with Crippen LogP contribution in [0.2, 0.25) is 0 Å². The van der Waals surface area contributed by atoms with Crippen molar-refractivity contribution in [1.29, 1.82) is 0 Å². The highest BCUT2D eigenvalue weighted by Gasteiger charge is 2.28. The Morgan fingerprint density at radius 1 is 1.38 bits per heavy atom. The normalized spacial score (nSPS) is 30.1. The van der Waals surface area contributed by atoms with E-state index in [4.69, 9.17) is 0 Å². The van der Waals surface area contributed by atoms with E-state index in [1.54, 1.807) is 5.01 Å². The number of amides is 1. The third kappa shape index (κ3) is 2.21. The molecule has 1 aliphatic heterocycles. The molecule has 1 fully saturated rings. The van der Waals surface area contributed by atoms with Gasteiger partial charge in [-0.15, -0.1) is 0 Å². The van der Waals surface area contributed by atoms with E-state index in [1.165, 1.54) is 19.3 Å². The smallest absolute Gasteiger partial charge is 0.224 e. The summed E-state index contributed by atoms with van der Waals surface area (Å²) in [6.07, 6.45) is 4.64. The standard InChI is InChI=1S/C10H20N2O/c1-4-11(8-13)12-9(2)6-5-7-10(12)3/h8-10H,4-7H2,1-3H3. The van der Waals surface area contributed by atoms with E-state index in [0.29, 0.717) is 12.1 Å². The van der Waals surface area contributed by atoms with Crippen molar-refractivity contribution in [3.05, 3.63) is 0 Å². The Morgan fingerprint density at radius 3 is 2.31 bits per heavy atom. The molecule has 0 saturated carbocycles.